The van der Waals surface area contributed by atoms with Gasteiger partial charge in [-0.05, 0) is 32.7 Å². The fraction of sp³-hybridized carbons (Fsp3) is 0.846. The molecule has 0 bridgehead atoms. The third kappa shape index (κ3) is 3.80. The Bertz CT molecular complexity index is 269. The molecule has 17 heavy (non-hydrogen) atoms. The van der Waals surface area contributed by atoms with Crippen molar-refractivity contribution >= 4 is 12.2 Å². The van der Waals surface area contributed by atoms with E-state index < -0.39 is 0 Å². The van der Waals surface area contributed by atoms with Crippen molar-refractivity contribution in [3.8, 4) is 0 Å². The van der Waals surface area contributed by atoms with Crippen LogP contribution < -0.4 is 10.6 Å². The van der Waals surface area contributed by atoms with Crippen LogP contribution in [0.4, 0.5) is 0 Å². The van der Waals surface area contributed by atoms with E-state index in [1.165, 1.54) is 0 Å². The van der Waals surface area contributed by atoms with Crippen LogP contribution in [0, 0.1) is 11.3 Å². The minimum atomic E-state index is -0.214. The van der Waals surface area contributed by atoms with Gasteiger partial charge in [0.15, 0.2) is 0 Å². The van der Waals surface area contributed by atoms with Gasteiger partial charge < -0.3 is 15.4 Å². The molecule has 0 heterocycles. The van der Waals surface area contributed by atoms with E-state index in [0.29, 0.717) is 0 Å². The Hall–Kier alpha value is -0.900. The smallest absolute Gasteiger partial charge is 0.222 e. The Balaban J connectivity index is 2.44. The summed E-state index contributed by atoms with van der Waals surface area (Å²) in [5.41, 5.74) is -0.214. The standard InChI is InChI=1S/C13H24N2O2/c1-10(2)12(17)15-11-4-6-13(9-16,7-5-11)8-14-3/h9-11,14H,4-8H2,1-3H3,(H,15,17). The minimum Gasteiger partial charge on any atom is -0.353 e. The number of nitrogens with one attached hydrogen (secondary N) is 2. The molecule has 4 heteroatoms. The van der Waals surface area contributed by atoms with Gasteiger partial charge in [0.2, 0.25) is 5.91 Å². The Morgan fingerprint density at radius 1 is 1.41 bits per heavy atom. The van der Waals surface area contributed by atoms with Gasteiger partial charge in [-0.2, -0.15) is 0 Å². The van der Waals surface area contributed by atoms with Crippen LogP contribution in [0.5, 0.6) is 0 Å². The van der Waals surface area contributed by atoms with E-state index in [9.17, 15) is 9.59 Å². The number of carbonyl (C=O) groups is 2. The van der Waals surface area contributed by atoms with Gasteiger partial charge in [0.1, 0.15) is 6.29 Å². The second-order valence-corrected chi connectivity index (χ2v) is 5.45. The van der Waals surface area contributed by atoms with E-state index in [2.05, 4.69) is 10.6 Å². The highest BCUT2D eigenvalue weighted by molar-refractivity contribution is 5.78. The molecule has 1 amide bonds. The predicted molar refractivity (Wildman–Crippen MR) is 67.7 cm³/mol. The average molecular weight is 240 g/mol. The second kappa shape index (κ2) is 6.15. The lowest BCUT2D eigenvalue weighted by atomic mass is 9.73. The molecule has 0 radical (unpaired) electrons. The van der Waals surface area contributed by atoms with Gasteiger partial charge in [-0.1, -0.05) is 13.8 Å². The van der Waals surface area contributed by atoms with Crippen LogP contribution in [0.3, 0.4) is 0 Å². The predicted octanol–water partition coefficient (Wildman–Crippen LogP) is 1.11. The summed E-state index contributed by atoms with van der Waals surface area (Å²) in [6.07, 6.45) is 4.61. The maximum Gasteiger partial charge on any atom is 0.222 e. The van der Waals surface area contributed by atoms with Crippen LogP contribution in [0.2, 0.25) is 0 Å². The first kappa shape index (κ1) is 14.2. The average Bonchev–Trinajstić information content (AvgIpc) is 2.32. The summed E-state index contributed by atoms with van der Waals surface area (Å²) in [7, 11) is 1.87. The molecule has 0 saturated heterocycles. The van der Waals surface area contributed by atoms with Gasteiger partial charge in [0.05, 0.1) is 0 Å². The number of carbonyl (C=O) groups excluding carboxylic acids is 2. The molecule has 1 saturated carbocycles. The fourth-order valence-electron chi connectivity index (χ4n) is 2.39. The summed E-state index contributed by atoms with van der Waals surface area (Å²) in [6, 6.07) is 0.245. The summed E-state index contributed by atoms with van der Waals surface area (Å²) >= 11 is 0. The lowest BCUT2D eigenvalue weighted by Gasteiger charge is -2.36. The monoisotopic (exact) mass is 240 g/mol. The molecule has 1 rings (SSSR count). The van der Waals surface area contributed by atoms with Gasteiger partial charge in [0, 0.05) is 23.9 Å². The van der Waals surface area contributed by atoms with Crippen molar-refractivity contribution in [2.45, 2.75) is 45.6 Å². The third-order valence-electron chi connectivity index (χ3n) is 3.63. The van der Waals surface area contributed by atoms with Crippen molar-refractivity contribution in [3.63, 3.8) is 0 Å². The number of hydrogen-bond acceptors (Lipinski definition) is 3. The largest absolute Gasteiger partial charge is 0.353 e. The van der Waals surface area contributed by atoms with Crippen molar-refractivity contribution in [2.75, 3.05) is 13.6 Å². The highest BCUT2D eigenvalue weighted by atomic mass is 16.1. The Labute approximate surface area is 104 Å². The molecule has 0 aliphatic heterocycles. The van der Waals surface area contributed by atoms with Gasteiger partial charge in [-0.25, -0.2) is 0 Å². The topological polar surface area (TPSA) is 58.2 Å². The molecule has 0 aromatic carbocycles. The molecular formula is C13H24N2O2. The lowest BCUT2D eigenvalue weighted by molar-refractivity contribution is -0.125. The van der Waals surface area contributed by atoms with Crippen LogP contribution in [-0.2, 0) is 9.59 Å². The van der Waals surface area contributed by atoms with Crippen LogP contribution >= 0.6 is 0 Å². The first-order valence-corrected chi connectivity index (χ1v) is 6.44. The van der Waals surface area contributed by atoms with Gasteiger partial charge in [-0.3, -0.25) is 4.79 Å². The van der Waals surface area contributed by atoms with Gasteiger partial charge in [-0.15, -0.1) is 0 Å². The van der Waals surface area contributed by atoms with Gasteiger partial charge in [0.25, 0.3) is 0 Å². The van der Waals surface area contributed by atoms with E-state index in [1.807, 2.05) is 20.9 Å². The fourth-order valence-corrected chi connectivity index (χ4v) is 2.39. The SMILES string of the molecule is CNCC1(C=O)CCC(NC(=O)C(C)C)CC1. The van der Waals surface area contributed by atoms with Crippen molar-refractivity contribution in [2.24, 2.45) is 11.3 Å². The summed E-state index contributed by atoms with van der Waals surface area (Å²) in [5.74, 6) is 0.146. The van der Waals surface area contributed by atoms with Crippen molar-refractivity contribution < 1.29 is 9.59 Å². The number of aldehydes is 1. The van der Waals surface area contributed by atoms with Crippen molar-refractivity contribution in [3.05, 3.63) is 0 Å². The molecule has 0 aromatic rings. The first-order chi connectivity index (χ1) is 8.03. The molecule has 0 atom stereocenters. The highest BCUT2D eigenvalue weighted by Crippen LogP contribution is 2.34. The Morgan fingerprint density at radius 2 is 2.00 bits per heavy atom. The van der Waals surface area contributed by atoms with Crippen molar-refractivity contribution in [1.82, 2.24) is 10.6 Å². The summed E-state index contributed by atoms with van der Waals surface area (Å²) in [5, 5.41) is 6.13. The van der Waals surface area contributed by atoms with Crippen molar-refractivity contribution in [1.29, 1.82) is 0 Å². The van der Waals surface area contributed by atoms with Crippen LogP contribution in [-0.4, -0.2) is 31.8 Å². The number of hydrogen-bond donors (Lipinski definition) is 2. The zero-order chi connectivity index (χ0) is 12.9. The Kier molecular flexibility index (Phi) is 5.12. The van der Waals surface area contributed by atoms with E-state index in [1.54, 1.807) is 0 Å². The van der Waals surface area contributed by atoms with E-state index in [-0.39, 0.29) is 23.3 Å². The third-order valence-corrected chi connectivity index (χ3v) is 3.63. The minimum absolute atomic E-state index is 0.0325. The molecule has 4 nitrogen and oxygen atoms in total. The molecule has 0 unspecified atom stereocenters. The van der Waals surface area contributed by atoms with E-state index in [0.717, 1.165) is 38.5 Å². The Morgan fingerprint density at radius 3 is 2.41 bits per heavy atom. The second-order valence-electron chi connectivity index (χ2n) is 5.45. The first-order valence-electron chi connectivity index (χ1n) is 6.44. The highest BCUT2D eigenvalue weighted by Gasteiger charge is 2.35. The molecule has 98 valence electrons. The van der Waals surface area contributed by atoms with E-state index in [4.69, 9.17) is 0 Å². The van der Waals surface area contributed by atoms with Crippen LogP contribution in [0.1, 0.15) is 39.5 Å². The molecule has 2 N–H and O–H groups in total. The maximum absolute atomic E-state index is 11.6. The normalized spacial score (nSPS) is 29.1. The van der Waals surface area contributed by atoms with Gasteiger partial charge >= 0.3 is 0 Å². The molecule has 1 aliphatic rings. The summed E-state index contributed by atoms with van der Waals surface area (Å²) in [4.78, 5) is 22.8. The zero-order valence-corrected chi connectivity index (χ0v) is 11.1. The van der Waals surface area contributed by atoms with Crippen LogP contribution in [0.25, 0.3) is 0 Å². The molecule has 0 spiro atoms. The number of amides is 1. The molecular weight excluding hydrogens is 216 g/mol. The maximum atomic E-state index is 11.6. The summed E-state index contributed by atoms with van der Waals surface area (Å²) in [6.45, 7) is 4.53. The molecule has 1 aliphatic carbocycles. The molecule has 1 fully saturated rings. The molecule has 0 aromatic heterocycles. The summed E-state index contributed by atoms with van der Waals surface area (Å²) < 4.78 is 0. The lowest BCUT2D eigenvalue weighted by Crippen LogP contribution is -2.45. The van der Waals surface area contributed by atoms with Crippen LogP contribution in [0.15, 0.2) is 0 Å². The van der Waals surface area contributed by atoms with E-state index >= 15 is 0 Å². The quantitative estimate of drug-likeness (QED) is 0.708. The number of rotatable bonds is 5. The zero-order valence-electron chi connectivity index (χ0n) is 11.1.